The van der Waals surface area contributed by atoms with Gasteiger partial charge in [0, 0.05) is 10.2 Å². The fourth-order valence-corrected chi connectivity index (χ4v) is 3.33. The van der Waals surface area contributed by atoms with Crippen molar-refractivity contribution in [3.8, 4) is 0 Å². The van der Waals surface area contributed by atoms with Crippen LogP contribution in [-0.4, -0.2) is 8.42 Å². The minimum Gasteiger partial charge on any atom is -0.399 e. The lowest BCUT2D eigenvalue weighted by molar-refractivity contribution is 0.486. The molecule has 3 N–H and O–H groups in total. The lowest BCUT2D eigenvalue weighted by atomic mass is 10.3. The average molecular weight is 381 g/mol. The van der Waals surface area contributed by atoms with Crippen LogP contribution >= 0.6 is 15.9 Å². The maximum absolute atomic E-state index is 13.6. The highest BCUT2D eigenvalue weighted by Gasteiger charge is 2.23. The van der Waals surface area contributed by atoms with Crippen molar-refractivity contribution in [1.82, 2.24) is 0 Å². The summed E-state index contributed by atoms with van der Waals surface area (Å²) in [5.41, 5.74) is 5.04. The lowest BCUT2D eigenvalue weighted by Gasteiger charge is -2.11. The Morgan fingerprint density at radius 1 is 1.10 bits per heavy atom. The van der Waals surface area contributed by atoms with Crippen molar-refractivity contribution in [2.24, 2.45) is 0 Å². The molecule has 0 heterocycles. The predicted octanol–water partition coefficient (Wildman–Crippen LogP) is 3.25. The summed E-state index contributed by atoms with van der Waals surface area (Å²) in [4.78, 5) is -0.934. The number of hydrogen-bond acceptors (Lipinski definition) is 3. The van der Waals surface area contributed by atoms with Gasteiger partial charge in [-0.1, -0.05) is 0 Å². The van der Waals surface area contributed by atoms with Gasteiger partial charge in [-0.2, -0.15) is 0 Å². The molecule has 4 nitrogen and oxygen atoms in total. The summed E-state index contributed by atoms with van der Waals surface area (Å²) in [6, 6.07) is 4.63. The Bertz CT molecular complexity index is 812. The predicted molar refractivity (Wildman–Crippen MR) is 75.7 cm³/mol. The summed E-state index contributed by atoms with van der Waals surface area (Å²) in [6.07, 6.45) is 0. The molecule has 0 spiro atoms. The van der Waals surface area contributed by atoms with E-state index >= 15 is 0 Å². The normalized spacial score (nSPS) is 11.4. The molecule has 0 aliphatic rings. The summed E-state index contributed by atoms with van der Waals surface area (Å²) in [6.45, 7) is 0. The zero-order valence-electron chi connectivity index (χ0n) is 10.2. The Labute approximate surface area is 127 Å². The van der Waals surface area contributed by atoms with Crippen molar-refractivity contribution in [3.63, 3.8) is 0 Å². The third-order valence-corrected chi connectivity index (χ3v) is 4.50. The summed E-state index contributed by atoms with van der Waals surface area (Å²) in [5, 5.41) is 0. The van der Waals surface area contributed by atoms with Gasteiger partial charge in [0.2, 0.25) is 0 Å². The molecule has 2 aromatic rings. The van der Waals surface area contributed by atoms with E-state index in [0.29, 0.717) is 6.07 Å². The van der Waals surface area contributed by atoms with Crippen molar-refractivity contribution in [2.45, 2.75) is 4.90 Å². The molecule has 0 unspecified atom stereocenters. The summed E-state index contributed by atoms with van der Waals surface area (Å²) in [5.74, 6) is -3.52. The quantitative estimate of drug-likeness (QED) is 0.802. The fraction of sp³-hybridized carbons (Fsp3) is 0. The molecule has 0 saturated carbocycles. The molecule has 0 amide bonds. The second-order valence-electron chi connectivity index (χ2n) is 4.04. The maximum atomic E-state index is 13.6. The maximum Gasteiger partial charge on any atom is 0.265 e. The van der Waals surface area contributed by atoms with E-state index in [1.165, 1.54) is 0 Å². The van der Waals surface area contributed by atoms with Crippen molar-refractivity contribution < 1.29 is 21.6 Å². The number of nitrogens with two attached hydrogens (primary N) is 1. The second kappa shape index (κ2) is 5.57. The molecule has 112 valence electrons. The molecular formula is C12H8BrF3N2O2S. The van der Waals surface area contributed by atoms with Gasteiger partial charge in [-0.15, -0.1) is 0 Å². The SMILES string of the molecule is Nc1cc(F)c(F)c(S(=O)(=O)Nc2ccc(F)cc2Br)c1. The Morgan fingerprint density at radius 2 is 1.76 bits per heavy atom. The van der Waals surface area contributed by atoms with Gasteiger partial charge in [0.05, 0.1) is 5.69 Å². The molecule has 0 aliphatic carbocycles. The molecule has 2 rings (SSSR count). The topological polar surface area (TPSA) is 72.2 Å². The van der Waals surface area contributed by atoms with Gasteiger partial charge in [0.1, 0.15) is 10.7 Å². The molecule has 21 heavy (non-hydrogen) atoms. The largest absolute Gasteiger partial charge is 0.399 e. The molecule has 0 aromatic heterocycles. The zero-order chi connectivity index (χ0) is 15.8. The number of hydrogen-bond donors (Lipinski definition) is 2. The molecule has 0 radical (unpaired) electrons. The van der Waals surface area contributed by atoms with Crippen LogP contribution < -0.4 is 10.5 Å². The van der Waals surface area contributed by atoms with Gasteiger partial charge >= 0.3 is 0 Å². The highest BCUT2D eigenvalue weighted by atomic mass is 79.9. The van der Waals surface area contributed by atoms with Crippen LogP contribution in [0.4, 0.5) is 24.5 Å². The Balaban J connectivity index is 2.48. The standard InChI is InChI=1S/C12H8BrF3N2O2S/c13-8-3-6(14)1-2-10(8)18-21(19,20)11-5-7(17)4-9(15)12(11)16/h1-5,18H,17H2. The minimum absolute atomic E-state index is 0.0290. The molecular weight excluding hydrogens is 373 g/mol. The summed E-state index contributed by atoms with van der Waals surface area (Å²) < 4.78 is 66.1. The van der Waals surface area contributed by atoms with E-state index in [4.69, 9.17) is 5.73 Å². The number of nitrogens with one attached hydrogen (secondary N) is 1. The summed E-state index contributed by atoms with van der Waals surface area (Å²) in [7, 11) is -4.42. The number of sulfonamides is 1. The van der Waals surface area contributed by atoms with Crippen molar-refractivity contribution in [2.75, 3.05) is 10.5 Å². The van der Waals surface area contributed by atoms with Crippen LogP contribution in [0.3, 0.4) is 0 Å². The molecule has 0 fully saturated rings. The van der Waals surface area contributed by atoms with Crippen LogP contribution in [0, 0.1) is 17.5 Å². The van der Waals surface area contributed by atoms with Gasteiger partial charge < -0.3 is 5.73 Å². The van der Waals surface area contributed by atoms with E-state index in [0.717, 1.165) is 24.3 Å². The number of halogens is 4. The molecule has 2 aromatic carbocycles. The van der Waals surface area contributed by atoms with Crippen molar-refractivity contribution in [1.29, 1.82) is 0 Å². The third-order valence-electron chi connectivity index (χ3n) is 2.48. The van der Waals surface area contributed by atoms with Crippen LogP contribution in [0.1, 0.15) is 0 Å². The smallest absolute Gasteiger partial charge is 0.265 e. The van der Waals surface area contributed by atoms with Crippen LogP contribution in [0.2, 0.25) is 0 Å². The molecule has 0 saturated heterocycles. The molecule has 0 bridgehead atoms. The first-order valence-electron chi connectivity index (χ1n) is 5.43. The van der Waals surface area contributed by atoms with Crippen LogP contribution in [-0.2, 0) is 10.0 Å². The first-order valence-corrected chi connectivity index (χ1v) is 7.71. The Morgan fingerprint density at radius 3 is 2.38 bits per heavy atom. The number of rotatable bonds is 3. The van der Waals surface area contributed by atoms with Gasteiger partial charge in [-0.05, 0) is 46.3 Å². The van der Waals surface area contributed by atoms with Crippen molar-refractivity contribution >= 4 is 37.3 Å². The average Bonchev–Trinajstić information content (AvgIpc) is 2.37. The van der Waals surface area contributed by atoms with E-state index in [-0.39, 0.29) is 15.8 Å². The van der Waals surface area contributed by atoms with Crippen LogP contribution in [0.5, 0.6) is 0 Å². The van der Waals surface area contributed by atoms with E-state index in [1.807, 2.05) is 4.72 Å². The number of anilines is 2. The fourth-order valence-electron chi connectivity index (χ4n) is 1.55. The molecule has 0 atom stereocenters. The monoisotopic (exact) mass is 380 g/mol. The van der Waals surface area contributed by atoms with Crippen molar-refractivity contribution in [3.05, 3.63) is 52.3 Å². The number of benzene rings is 2. The highest BCUT2D eigenvalue weighted by Crippen LogP contribution is 2.28. The molecule has 0 aliphatic heterocycles. The number of nitrogen functional groups attached to an aromatic ring is 1. The van der Waals surface area contributed by atoms with Gasteiger partial charge in [0.25, 0.3) is 10.0 Å². The van der Waals surface area contributed by atoms with Gasteiger partial charge in [0.15, 0.2) is 11.6 Å². The van der Waals surface area contributed by atoms with Crippen LogP contribution in [0.25, 0.3) is 0 Å². The van der Waals surface area contributed by atoms with E-state index in [2.05, 4.69) is 15.9 Å². The Hall–Kier alpha value is -1.74. The van der Waals surface area contributed by atoms with E-state index < -0.39 is 32.4 Å². The minimum atomic E-state index is -4.42. The first kappa shape index (κ1) is 15.6. The summed E-state index contributed by atoms with van der Waals surface area (Å²) >= 11 is 2.96. The first-order chi connectivity index (χ1) is 9.70. The highest BCUT2D eigenvalue weighted by molar-refractivity contribution is 9.10. The van der Waals surface area contributed by atoms with E-state index in [1.54, 1.807) is 0 Å². The van der Waals surface area contributed by atoms with Crippen LogP contribution in [0.15, 0.2) is 39.7 Å². The van der Waals surface area contributed by atoms with E-state index in [9.17, 15) is 21.6 Å². The van der Waals surface area contributed by atoms with Gasteiger partial charge in [-0.25, -0.2) is 21.6 Å². The third kappa shape index (κ3) is 3.30. The lowest BCUT2D eigenvalue weighted by Crippen LogP contribution is -2.16. The molecule has 9 heteroatoms. The Kier molecular flexibility index (Phi) is 4.15. The second-order valence-corrected chi connectivity index (χ2v) is 6.55. The van der Waals surface area contributed by atoms with Gasteiger partial charge in [-0.3, -0.25) is 4.72 Å². The zero-order valence-corrected chi connectivity index (χ0v) is 12.6.